The third-order valence-electron chi connectivity index (χ3n) is 3.39. The molecule has 2 N–H and O–H groups in total. The van der Waals surface area contributed by atoms with Gasteiger partial charge in [-0.3, -0.25) is 0 Å². The number of hydrogen-bond donors (Lipinski definition) is 2. The Balaban J connectivity index is 1.82. The Kier molecular flexibility index (Phi) is 5.01. The van der Waals surface area contributed by atoms with Crippen LogP contribution in [0.3, 0.4) is 0 Å². The van der Waals surface area contributed by atoms with Crippen molar-refractivity contribution in [3.05, 3.63) is 18.3 Å². The van der Waals surface area contributed by atoms with Crippen molar-refractivity contribution in [3.63, 3.8) is 0 Å². The number of amides is 2. The quantitative estimate of drug-likeness (QED) is 0.824. The summed E-state index contributed by atoms with van der Waals surface area (Å²) >= 11 is 0. The molecule has 0 spiro atoms. The van der Waals surface area contributed by atoms with Crippen molar-refractivity contribution in [1.82, 2.24) is 10.3 Å². The molecule has 1 aromatic rings. The number of ether oxygens (including phenoxy) is 1. The fraction of sp³-hybridized carbons (Fsp3) is 0.571. The van der Waals surface area contributed by atoms with Gasteiger partial charge in [-0.1, -0.05) is 25.7 Å². The maximum absolute atomic E-state index is 11.9. The second kappa shape index (κ2) is 6.97. The van der Waals surface area contributed by atoms with Crippen LogP contribution in [-0.2, 0) is 0 Å². The van der Waals surface area contributed by atoms with Gasteiger partial charge in [0.15, 0.2) is 0 Å². The Bertz CT molecular complexity index is 398. The van der Waals surface area contributed by atoms with E-state index in [1.165, 1.54) is 25.7 Å². The lowest BCUT2D eigenvalue weighted by molar-refractivity contribution is 0.247. The summed E-state index contributed by atoms with van der Waals surface area (Å²) in [5.41, 5.74) is 0.673. The minimum atomic E-state index is -0.154. The number of nitrogens with zero attached hydrogens (tertiary/aromatic N) is 1. The lowest BCUT2D eigenvalue weighted by Crippen LogP contribution is -2.37. The minimum absolute atomic E-state index is 0.154. The van der Waals surface area contributed by atoms with E-state index in [-0.39, 0.29) is 6.03 Å². The summed E-state index contributed by atoms with van der Waals surface area (Å²) in [7, 11) is 1.56. The third kappa shape index (κ3) is 4.43. The van der Waals surface area contributed by atoms with Gasteiger partial charge in [-0.05, 0) is 18.9 Å². The maximum atomic E-state index is 11.9. The molecule has 2 rings (SSSR count). The molecule has 0 aromatic carbocycles. The highest BCUT2D eigenvalue weighted by atomic mass is 16.5. The van der Waals surface area contributed by atoms with Gasteiger partial charge in [0, 0.05) is 12.1 Å². The first kappa shape index (κ1) is 13.6. The summed E-state index contributed by atoms with van der Waals surface area (Å²) in [6.45, 7) is 0. The van der Waals surface area contributed by atoms with Gasteiger partial charge in [0.1, 0.15) is 0 Å². The molecular weight excluding hydrogens is 242 g/mol. The van der Waals surface area contributed by atoms with E-state index in [4.69, 9.17) is 4.74 Å². The zero-order valence-electron chi connectivity index (χ0n) is 11.3. The molecule has 0 unspecified atom stereocenters. The highest BCUT2D eigenvalue weighted by Crippen LogP contribution is 2.17. The van der Waals surface area contributed by atoms with Crippen molar-refractivity contribution in [3.8, 4) is 5.88 Å². The van der Waals surface area contributed by atoms with Crippen molar-refractivity contribution in [2.75, 3.05) is 12.4 Å². The first-order chi connectivity index (χ1) is 9.28. The number of anilines is 1. The molecule has 5 heteroatoms. The third-order valence-corrected chi connectivity index (χ3v) is 3.39. The zero-order chi connectivity index (χ0) is 13.5. The Morgan fingerprint density at radius 1 is 1.26 bits per heavy atom. The Morgan fingerprint density at radius 3 is 2.58 bits per heavy atom. The van der Waals surface area contributed by atoms with Gasteiger partial charge in [0.05, 0.1) is 19.0 Å². The standard InChI is InChI=1S/C14H21N3O2/c1-19-13-9-8-12(10-15-13)17-14(18)16-11-6-4-2-3-5-7-11/h8-11H,2-7H2,1H3,(H2,16,17,18). The molecule has 1 aliphatic carbocycles. The van der Waals surface area contributed by atoms with E-state index < -0.39 is 0 Å². The Morgan fingerprint density at radius 2 is 2.00 bits per heavy atom. The van der Waals surface area contributed by atoms with Gasteiger partial charge in [-0.15, -0.1) is 0 Å². The summed E-state index contributed by atoms with van der Waals surface area (Å²) in [5.74, 6) is 0.537. The summed E-state index contributed by atoms with van der Waals surface area (Å²) in [4.78, 5) is 15.9. The predicted molar refractivity (Wildman–Crippen MR) is 74.4 cm³/mol. The molecule has 1 aliphatic rings. The average molecular weight is 263 g/mol. The summed E-state index contributed by atoms with van der Waals surface area (Å²) < 4.78 is 4.97. The van der Waals surface area contributed by atoms with E-state index in [2.05, 4.69) is 15.6 Å². The number of nitrogens with one attached hydrogen (secondary N) is 2. The van der Waals surface area contributed by atoms with Crippen LogP contribution < -0.4 is 15.4 Å². The van der Waals surface area contributed by atoms with Crippen LogP contribution in [-0.4, -0.2) is 24.2 Å². The number of aromatic nitrogens is 1. The van der Waals surface area contributed by atoms with Crippen molar-refractivity contribution < 1.29 is 9.53 Å². The molecule has 104 valence electrons. The average Bonchev–Trinajstić information content (AvgIpc) is 2.68. The first-order valence-corrected chi connectivity index (χ1v) is 6.85. The molecular formula is C14H21N3O2. The van der Waals surface area contributed by atoms with Gasteiger partial charge < -0.3 is 15.4 Å². The maximum Gasteiger partial charge on any atom is 0.319 e. The molecule has 1 fully saturated rings. The van der Waals surface area contributed by atoms with Crippen molar-refractivity contribution in [1.29, 1.82) is 0 Å². The number of methoxy groups -OCH3 is 1. The molecule has 1 saturated carbocycles. The summed E-state index contributed by atoms with van der Waals surface area (Å²) in [5, 5.41) is 5.82. The summed E-state index contributed by atoms with van der Waals surface area (Å²) in [6.07, 6.45) is 8.71. The van der Waals surface area contributed by atoms with Gasteiger partial charge in [-0.2, -0.15) is 0 Å². The highest BCUT2D eigenvalue weighted by molar-refractivity contribution is 5.89. The first-order valence-electron chi connectivity index (χ1n) is 6.85. The van der Waals surface area contributed by atoms with Crippen molar-refractivity contribution >= 4 is 11.7 Å². The zero-order valence-corrected chi connectivity index (χ0v) is 11.3. The van der Waals surface area contributed by atoms with E-state index >= 15 is 0 Å². The smallest absolute Gasteiger partial charge is 0.319 e. The van der Waals surface area contributed by atoms with Gasteiger partial charge in [0.25, 0.3) is 0 Å². The van der Waals surface area contributed by atoms with Gasteiger partial charge in [-0.25, -0.2) is 9.78 Å². The molecule has 0 radical (unpaired) electrons. The lowest BCUT2D eigenvalue weighted by Gasteiger charge is -2.16. The number of hydrogen-bond acceptors (Lipinski definition) is 3. The second-order valence-corrected chi connectivity index (χ2v) is 4.88. The molecule has 0 saturated heterocycles. The van der Waals surface area contributed by atoms with Crippen LogP contribution in [0.4, 0.5) is 10.5 Å². The number of carbonyl (C=O) groups excluding carboxylic acids is 1. The molecule has 19 heavy (non-hydrogen) atoms. The van der Waals surface area contributed by atoms with Crippen LogP contribution in [0.15, 0.2) is 18.3 Å². The Hall–Kier alpha value is -1.78. The molecule has 1 aromatic heterocycles. The largest absolute Gasteiger partial charge is 0.481 e. The van der Waals surface area contributed by atoms with E-state index in [9.17, 15) is 4.79 Å². The van der Waals surface area contributed by atoms with Crippen LogP contribution in [0.5, 0.6) is 5.88 Å². The van der Waals surface area contributed by atoms with Gasteiger partial charge >= 0.3 is 6.03 Å². The Labute approximate surface area is 113 Å². The van der Waals surface area contributed by atoms with E-state index in [1.54, 1.807) is 25.4 Å². The lowest BCUT2D eigenvalue weighted by atomic mass is 10.1. The molecule has 0 bridgehead atoms. The van der Waals surface area contributed by atoms with Crippen LogP contribution >= 0.6 is 0 Å². The van der Waals surface area contributed by atoms with Crippen LogP contribution in [0.25, 0.3) is 0 Å². The molecule has 0 atom stereocenters. The van der Waals surface area contributed by atoms with Gasteiger partial charge in [0.2, 0.25) is 5.88 Å². The van der Waals surface area contributed by atoms with E-state index in [0.29, 0.717) is 17.6 Å². The monoisotopic (exact) mass is 263 g/mol. The van der Waals surface area contributed by atoms with Crippen molar-refractivity contribution in [2.45, 2.75) is 44.6 Å². The number of urea groups is 1. The fourth-order valence-corrected chi connectivity index (χ4v) is 2.35. The molecule has 5 nitrogen and oxygen atoms in total. The fourth-order valence-electron chi connectivity index (χ4n) is 2.35. The molecule has 0 aliphatic heterocycles. The SMILES string of the molecule is COc1ccc(NC(=O)NC2CCCCCC2)cn1. The van der Waals surface area contributed by atoms with Crippen LogP contribution in [0.1, 0.15) is 38.5 Å². The number of rotatable bonds is 3. The summed E-state index contributed by atoms with van der Waals surface area (Å²) in [6, 6.07) is 3.65. The normalized spacial score (nSPS) is 16.5. The highest BCUT2D eigenvalue weighted by Gasteiger charge is 2.14. The topological polar surface area (TPSA) is 63.2 Å². The van der Waals surface area contributed by atoms with Crippen molar-refractivity contribution in [2.24, 2.45) is 0 Å². The van der Waals surface area contributed by atoms with Crippen LogP contribution in [0.2, 0.25) is 0 Å². The molecule has 2 amide bonds. The predicted octanol–water partition coefficient (Wildman–Crippen LogP) is 2.93. The number of carbonyl (C=O) groups is 1. The minimum Gasteiger partial charge on any atom is -0.481 e. The van der Waals surface area contributed by atoms with E-state index in [1.807, 2.05) is 0 Å². The number of pyridine rings is 1. The van der Waals surface area contributed by atoms with Crippen LogP contribution in [0, 0.1) is 0 Å². The second-order valence-electron chi connectivity index (χ2n) is 4.88. The van der Waals surface area contributed by atoms with E-state index in [0.717, 1.165) is 12.8 Å². The molecule has 1 heterocycles.